The molecule has 0 aliphatic rings. The summed E-state index contributed by atoms with van der Waals surface area (Å²) < 4.78 is 46.8. The van der Waals surface area contributed by atoms with Crippen molar-refractivity contribution >= 4 is 22.7 Å². The van der Waals surface area contributed by atoms with E-state index in [2.05, 4.69) is 20.3 Å². The molecule has 0 fully saturated rings. The van der Waals surface area contributed by atoms with Gasteiger partial charge in [-0.25, -0.2) is 14.8 Å². The number of hydrogen-bond donors (Lipinski definition) is 2. The highest BCUT2D eigenvalue weighted by Crippen LogP contribution is 2.36. The van der Waals surface area contributed by atoms with Crippen LogP contribution >= 0.6 is 0 Å². The summed E-state index contributed by atoms with van der Waals surface area (Å²) in [5, 5.41) is 3.02. The number of H-pyrrole nitrogens is 1. The molecule has 7 nitrogen and oxygen atoms in total. The summed E-state index contributed by atoms with van der Waals surface area (Å²) in [5.41, 5.74) is -1.91. The number of aromatic amines is 1. The van der Waals surface area contributed by atoms with Gasteiger partial charge in [-0.2, -0.15) is 13.2 Å². The van der Waals surface area contributed by atoms with E-state index in [0.29, 0.717) is 11.3 Å². The molecule has 0 saturated carbocycles. The Morgan fingerprint density at radius 1 is 1.15 bits per heavy atom. The lowest BCUT2D eigenvalue weighted by molar-refractivity contribution is -0.141. The standard InChI is InChI=1S/C23H25F3N4O3/c1-6-17(29-14-9-7-13(8-10-14)21(32)33-22(3,4)5)15-11-16-19(27-12(2)28-20(16)31)30-18(15)23(24,25)26/h7-11,17,29H,6H2,1-5H3,(H,27,28,30,31)/t17-/m0/s1. The van der Waals surface area contributed by atoms with Crippen molar-refractivity contribution < 1.29 is 22.7 Å². The van der Waals surface area contributed by atoms with Gasteiger partial charge in [0.25, 0.3) is 5.56 Å². The molecule has 0 aliphatic carbocycles. The highest BCUT2D eigenvalue weighted by Gasteiger charge is 2.38. The maximum absolute atomic E-state index is 13.8. The number of fused-ring (bicyclic) bond motifs is 1. The molecule has 1 atom stereocenters. The normalized spacial score (nSPS) is 13.1. The zero-order chi connectivity index (χ0) is 24.6. The molecular formula is C23H25F3N4O3. The molecule has 176 valence electrons. The molecule has 0 saturated heterocycles. The fourth-order valence-electron chi connectivity index (χ4n) is 3.32. The Labute approximate surface area is 188 Å². The van der Waals surface area contributed by atoms with Gasteiger partial charge in [-0.05, 0) is 64.4 Å². The van der Waals surface area contributed by atoms with E-state index >= 15 is 0 Å². The molecule has 0 amide bonds. The van der Waals surface area contributed by atoms with E-state index in [1.165, 1.54) is 25.1 Å². The Bertz CT molecular complexity index is 1230. The van der Waals surface area contributed by atoms with E-state index in [-0.39, 0.29) is 28.8 Å². The molecule has 2 aromatic heterocycles. The van der Waals surface area contributed by atoms with Crippen molar-refractivity contribution in [2.75, 3.05) is 5.32 Å². The number of carbonyl (C=O) groups excluding carboxylic acids is 1. The van der Waals surface area contributed by atoms with Gasteiger partial charge in [-0.1, -0.05) is 6.92 Å². The van der Waals surface area contributed by atoms with Crippen LogP contribution in [0.3, 0.4) is 0 Å². The van der Waals surface area contributed by atoms with Gasteiger partial charge >= 0.3 is 12.1 Å². The van der Waals surface area contributed by atoms with Crippen molar-refractivity contribution in [3.05, 3.63) is 63.3 Å². The minimum atomic E-state index is -4.74. The Kier molecular flexibility index (Phi) is 6.49. The summed E-state index contributed by atoms with van der Waals surface area (Å²) in [4.78, 5) is 34.6. The van der Waals surface area contributed by atoms with E-state index < -0.39 is 35.0 Å². The number of nitrogens with one attached hydrogen (secondary N) is 2. The second-order valence-corrected chi connectivity index (χ2v) is 8.63. The number of halogens is 3. The van der Waals surface area contributed by atoms with Crippen molar-refractivity contribution in [1.29, 1.82) is 0 Å². The summed E-state index contributed by atoms with van der Waals surface area (Å²) in [7, 11) is 0. The second kappa shape index (κ2) is 8.84. The third kappa shape index (κ3) is 5.68. The predicted octanol–water partition coefficient (Wildman–Crippen LogP) is 5.16. The van der Waals surface area contributed by atoms with Crippen LogP contribution in [-0.2, 0) is 10.9 Å². The maximum atomic E-state index is 13.8. The summed E-state index contributed by atoms with van der Waals surface area (Å²) in [6, 6.07) is 6.62. The van der Waals surface area contributed by atoms with E-state index in [1.807, 2.05) is 0 Å². The predicted molar refractivity (Wildman–Crippen MR) is 118 cm³/mol. The fourth-order valence-corrected chi connectivity index (χ4v) is 3.32. The van der Waals surface area contributed by atoms with E-state index in [0.717, 1.165) is 0 Å². The number of rotatable bonds is 5. The number of ether oxygens (including phenoxy) is 1. The molecule has 0 aliphatic heterocycles. The van der Waals surface area contributed by atoms with Crippen molar-refractivity contribution in [1.82, 2.24) is 15.0 Å². The van der Waals surface area contributed by atoms with Crippen LogP contribution in [0.4, 0.5) is 18.9 Å². The number of nitrogens with zero attached hydrogens (tertiary/aromatic N) is 2. The quantitative estimate of drug-likeness (QED) is 0.508. The topological polar surface area (TPSA) is 97.0 Å². The van der Waals surface area contributed by atoms with Gasteiger partial charge in [0, 0.05) is 11.3 Å². The number of hydrogen-bond acceptors (Lipinski definition) is 6. The zero-order valence-corrected chi connectivity index (χ0v) is 18.9. The summed E-state index contributed by atoms with van der Waals surface area (Å²) >= 11 is 0. The Morgan fingerprint density at radius 2 is 1.79 bits per heavy atom. The minimum absolute atomic E-state index is 0.0240. The van der Waals surface area contributed by atoms with Crippen LogP contribution in [0.5, 0.6) is 0 Å². The molecule has 0 unspecified atom stereocenters. The first-order valence-electron chi connectivity index (χ1n) is 10.4. The Hall–Kier alpha value is -3.43. The van der Waals surface area contributed by atoms with Crippen molar-refractivity contribution in [3.8, 4) is 0 Å². The number of carbonyl (C=O) groups is 1. The average molecular weight is 462 g/mol. The number of aromatic nitrogens is 3. The van der Waals surface area contributed by atoms with Gasteiger partial charge in [-0.3, -0.25) is 4.79 Å². The molecule has 2 heterocycles. The first kappa shape index (κ1) is 24.2. The SMILES string of the molecule is CC[C@H](Nc1ccc(C(=O)OC(C)(C)C)cc1)c1cc2c(=O)[nH]c(C)nc2nc1C(F)(F)F. The molecule has 0 spiro atoms. The van der Waals surface area contributed by atoms with Crippen LogP contribution in [0.15, 0.2) is 35.1 Å². The third-order valence-electron chi connectivity index (χ3n) is 4.76. The van der Waals surface area contributed by atoms with Crippen LogP contribution < -0.4 is 10.9 Å². The van der Waals surface area contributed by atoms with Crippen LogP contribution in [0, 0.1) is 6.92 Å². The van der Waals surface area contributed by atoms with Gasteiger partial charge in [0.15, 0.2) is 11.3 Å². The van der Waals surface area contributed by atoms with Gasteiger partial charge in [0.2, 0.25) is 0 Å². The number of pyridine rings is 1. The average Bonchev–Trinajstić information content (AvgIpc) is 2.69. The van der Waals surface area contributed by atoms with Gasteiger partial charge in [0.05, 0.1) is 17.0 Å². The molecule has 3 aromatic rings. The monoisotopic (exact) mass is 462 g/mol. The minimum Gasteiger partial charge on any atom is -0.456 e. The highest BCUT2D eigenvalue weighted by atomic mass is 19.4. The van der Waals surface area contributed by atoms with Crippen molar-refractivity contribution in [3.63, 3.8) is 0 Å². The van der Waals surface area contributed by atoms with Crippen molar-refractivity contribution in [2.24, 2.45) is 0 Å². The number of esters is 1. The third-order valence-corrected chi connectivity index (χ3v) is 4.76. The maximum Gasteiger partial charge on any atom is 0.433 e. The first-order chi connectivity index (χ1) is 15.3. The highest BCUT2D eigenvalue weighted by molar-refractivity contribution is 5.90. The molecule has 10 heteroatoms. The zero-order valence-electron chi connectivity index (χ0n) is 18.9. The lowest BCUT2D eigenvalue weighted by Crippen LogP contribution is -2.24. The van der Waals surface area contributed by atoms with Crippen LogP contribution in [0.2, 0.25) is 0 Å². The second-order valence-electron chi connectivity index (χ2n) is 8.63. The molecule has 0 radical (unpaired) electrons. The molecule has 2 N–H and O–H groups in total. The smallest absolute Gasteiger partial charge is 0.433 e. The number of aryl methyl sites for hydroxylation is 1. The molecule has 1 aromatic carbocycles. The largest absolute Gasteiger partial charge is 0.456 e. The molecule has 33 heavy (non-hydrogen) atoms. The van der Waals surface area contributed by atoms with E-state index in [4.69, 9.17) is 4.74 Å². The van der Waals surface area contributed by atoms with E-state index in [1.54, 1.807) is 39.8 Å². The summed E-state index contributed by atoms with van der Waals surface area (Å²) in [6.45, 7) is 8.45. The lowest BCUT2D eigenvalue weighted by atomic mass is 10.00. The van der Waals surface area contributed by atoms with Gasteiger partial charge in [0.1, 0.15) is 11.4 Å². The van der Waals surface area contributed by atoms with Crippen LogP contribution in [-0.4, -0.2) is 26.5 Å². The van der Waals surface area contributed by atoms with Crippen LogP contribution in [0.25, 0.3) is 11.0 Å². The first-order valence-corrected chi connectivity index (χ1v) is 10.4. The Balaban J connectivity index is 1.98. The number of anilines is 1. The molecule has 0 bridgehead atoms. The van der Waals surface area contributed by atoms with Gasteiger partial charge in [-0.15, -0.1) is 0 Å². The van der Waals surface area contributed by atoms with Crippen molar-refractivity contribution in [2.45, 2.75) is 58.9 Å². The Morgan fingerprint density at radius 3 is 2.33 bits per heavy atom. The van der Waals surface area contributed by atoms with Crippen LogP contribution in [0.1, 0.15) is 67.6 Å². The number of benzene rings is 1. The van der Waals surface area contributed by atoms with E-state index in [9.17, 15) is 22.8 Å². The summed E-state index contributed by atoms with van der Waals surface area (Å²) in [6.07, 6.45) is -4.46. The molecule has 3 rings (SSSR count). The number of alkyl halides is 3. The fraction of sp³-hybridized carbons (Fsp3) is 0.391. The molecular weight excluding hydrogens is 437 g/mol. The summed E-state index contributed by atoms with van der Waals surface area (Å²) in [5.74, 6) is -0.322. The lowest BCUT2D eigenvalue weighted by Gasteiger charge is -2.23. The van der Waals surface area contributed by atoms with Gasteiger partial charge < -0.3 is 15.0 Å².